The maximum absolute atomic E-state index is 10.7. The number of benzene rings is 1. The normalized spacial score (nSPS) is 10.4. The molecular formula is C10H13BO3. The van der Waals surface area contributed by atoms with Gasteiger partial charge < -0.3 is 10.0 Å². The molecule has 0 bridgehead atoms. The van der Waals surface area contributed by atoms with Crippen molar-refractivity contribution in [3.8, 4) is 0 Å². The van der Waals surface area contributed by atoms with Crippen LogP contribution in [0.1, 0.15) is 35.7 Å². The Balaban J connectivity index is 3.20. The second-order valence-corrected chi connectivity index (χ2v) is 3.53. The van der Waals surface area contributed by atoms with Gasteiger partial charge >= 0.3 is 7.12 Å². The van der Waals surface area contributed by atoms with E-state index in [1.54, 1.807) is 18.2 Å². The Morgan fingerprint density at radius 2 is 2.00 bits per heavy atom. The summed E-state index contributed by atoms with van der Waals surface area (Å²) in [6, 6.07) is 4.80. The fraction of sp³-hybridized carbons (Fsp3) is 0.300. The summed E-state index contributed by atoms with van der Waals surface area (Å²) in [6.45, 7) is 3.91. The van der Waals surface area contributed by atoms with E-state index in [0.29, 0.717) is 11.0 Å². The predicted octanol–water partition coefficient (Wildman–Crippen LogP) is 0.302. The number of hydrogen-bond donors (Lipinski definition) is 2. The lowest BCUT2D eigenvalue weighted by Gasteiger charge is -2.10. The third-order valence-corrected chi connectivity index (χ3v) is 2.16. The lowest BCUT2D eigenvalue weighted by molar-refractivity contribution is 0.112. The highest BCUT2D eigenvalue weighted by atomic mass is 16.4. The minimum absolute atomic E-state index is 0.189. The highest BCUT2D eigenvalue weighted by molar-refractivity contribution is 6.58. The lowest BCUT2D eigenvalue weighted by Crippen LogP contribution is -2.30. The van der Waals surface area contributed by atoms with Crippen molar-refractivity contribution in [2.75, 3.05) is 0 Å². The number of carbonyl (C=O) groups is 1. The van der Waals surface area contributed by atoms with Gasteiger partial charge in [-0.05, 0) is 16.9 Å². The molecule has 1 rings (SSSR count). The molecule has 0 aliphatic heterocycles. The summed E-state index contributed by atoms with van der Waals surface area (Å²) in [5.74, 6) is 0.189. The Hall–Kier alpha value is -1.13. The molecule has 2 N–H and O–H groups in total. The van der Waals surface area contributed by atoms with Crippen LogP contribution in [0.25, 0.3) is 0 Å². The monoisotopic (exact) mass is 192 g/mol. The minimum atomic E-state index is -1.48. The Kier molecular flexibility index (Phi) is 3.44. The molecule has 0 amide bonds. The summed E-state index contributed by atoms with van der Waals surface area (Å²) in [5.41, 5.74) is 1.86. The van der Waals surface area contributed by atoms with Crippen LogP contribution in [0.15, 0.2) is 18.2 Å². The van der Waals surface area contributed by atoms with Crippen molar-refractivity contribution >= 4 is 18.9 Å². The van der Waals surface area contributed by atoms with E-state index in [1.165, 1.54) is 0 Å². The van der Waals surface area contributed by atoms with Crippen LogP contribution < -0.4 is 5.46 Å². The van der Waals surface area contributed by atoms with Crippen molar-refractivity contribution in [2.45, 2.75) is 19.8 Å². The van der Waals surface area contributed by atoms with Crippen LogP contribution in [-0.4, -0.2) is 23.5 Å². The molecule has 0 aliphatic carbocycles. The highest BCUT2D eigenvalue weighted by Gasteiger charge is 2.14. The molecule has 0 heterocycles. The average Bonchev–Trinajstić information content (AvgIpc) is 2.16. The van der Waals surface area contributed by atoms with Crippen molar-refractivity contribution in [3.05, 3.63) is 29.3 Å². The zero-order valence-corrected chi connectivity index (χ0v) is 8.27. The SMILES string of the molecule is CC(C)c1cc(B(O)O)ccc1C=O. The summed E-state index contributed by atoms with van der Waals surface area (Å²) in [7, 11) is -1.48. The lowest BCUT2D eigenvalue weighted by atomic mass is 9.78. The van der Waals surface area contributed by atoms with Gasteiger partial charge in [-0.3, -0.25) is 4.79 Å². The molecule has 3 nitrogen and oxygen atoms in total. The van der Waals surface area contributed by atoms with Gasteiger partial charge in [-0.25, -0.2) is 0 Å². The number of rotatable bonds is 3. The molecule has 0 unspecified atom stereocenters. The van der Waals surface area contributed by atoms with E-state index in [4.69, 9.17) is 10.0 Å². The second-order valence-electron chi connectivity index (χ2n) is 3.53. The van der Waals surface area contributed by atoms with E-state index < -0.39 is 7.12 Å². The first-order valence-corrected chi connectivity index (χ1v) is 4.51. The van der Waals surface area contributed by atoms with Crippen LogP contribution in [-0.2, 0) is 0 Å². The number of carbonyl (C=O) groups excluding carboxylic acids is 1. The fourth-order valence-corrected chi connectivity index (χ4v) is 1.36. The predicted molar refractivity (Wildman–Crippen MR) is 55.7 cm³/mol. The van der Waals surface area contributed by atoms with E-state index in [1.807, 2.05) is 13.8 Å². The molecule has 0 saturated heterocycles. The quantitative estimate of drug-likeness (QED) is 0.534. The zero-order chi connectivity index (χ0) is 10.7. The van der Waals surface area contributed by atoms with Crippen LogP contribution in [0, 0.1) is 0 Å². The molecule has 0 atom stereocenters. The minimum Gasteiger partial charge on any atom is -0.423 e. The zero-order valence-electron chi connectivity index (χ0n) is 8.27. The Bertz CT molecular complexity index is 334. The van der Waals surface area contributed by atoms with Gasteiger partial charge in [0.25, 0.3) is 0 Å². The smallest absolute Gasteiger partial charge is 0.423 e. The summed E-state index contributed by atoms with van der Waals surface area (Å²) in [5, 5.41) is 17.9. The topological polar surface area (TPSA) is 57.5 Å². The molecule has 0 aromatic heterocycles. The van der Waals surface area contributed by atoms with E-state index >= 15 is 0 Å². The standard InChI is InChI=1S/C10H13BO3/c1-7(2)10-5-9(11(13)14)4-3-8(10)6-12/h3-7,13-14H,1-2H3. The van der Waals surface area contributed by atoms with Crippen molar-refractivity contribution in [1.29, 1.82) is 0 Å². The molecular weight excluding hydrogens is 179 g/mol. The maximum Gasteiger partial charge on any atom is 0.488 e. The first-order valence-electron chi connectivity index (χ1n) is 4.51. The van der Waals surface area contributed by atoms with Crippen LogP contribution in [0.5, 0.6) is 0 Å². The molecule has 1 aromatic rings. The Labute approximate surface area is 83.5 Å². The molecule has 14 heavy (non-hydrogen) atoms. The van der Waals surface area contributed by atoms with E-state index in [0.717, 1.165) is 11.8 Å². The molecule has 0 spiro atoms. The third-order valence-electron chi connectivity index (χ3n) is 2.16. The largest absolute Gasteiger partial charge is 0.488 e. The fourth-order valence-electron chi connectivity index (χ4n) is 1.36. The van der Waals surface area contributed by atoms with Gasteiger partial charge in [-0.2, -0.15) is 0 Å². The molecule has 0 radical (unpaired) electrons. The maximum atomic E-state index is 10.7. The summed E-state index contributed by atoms with van der Waals surface area (Å²) in [6.07, 6.45) is 0.781. The van der Waals surface area contributed by atoms with Crippen LogP contribution in [0.4, 0.5) is 0 Å². The van der Waals surface area contributed by atoms with Gasteiger partial charge in [-0.15, -0.1) is 0 Å². The van der Waals surface area contributed by atoms with Gasteiger partial charge in [0, 0.05) is 5.56 Å². The molecule has 0 saturated carbocycles. The Morgan fingerprint density at radius 3 is 2.43 bits per heavy atom. The van der Waals surface area contributed by atoms with Gasteiger partial charge in [0.2, 0.25) is 0 Å². The van der Waals surface area contributed by atoms with Crippen molar-refractivity contribution in [3.63, 3.8) is 0 Å². The molecule has 4 heteroatoms. The van der Waals surface area contributed by atoms with Crippen molar-refractivity contribution < 1.29 is 14.8 Å². The van der Waals surface area contributed by atoms with Crippen LogP contribution in [0.2, 0.25) is 0 Å². The second kappa shape index (κ2) is 4.40. The number of aldehydes is 1. The van der Waals surface area contributed by atoms with Gasteiger partial charge in [0.05, 0.1) is 0 Å². The van der Waals surface area contributed by atoms with Crippen molar-refractivity contribution in [1.82, 2.24) is 0 Å². The van der Waals surface area contributed by atoms with Crippen LogP contribution in [0.3, 0.4) is 0 Å². The molecule has 0 aliphatic rings. The van der Waals surface area contributed by atoms with Gasteiger partial charge in [-0.1, -0.05) is 32.0 Å². The number of hydrogen-bond acceptors (Lipinski definition) is 3. The van der Waals surface area contributed by atoms with Gasteiger partial charge in [0.1, 0.15) is 6.29 Å². The van der Waals surface area contributed by atoms with E-state index in [2.05, 4.69) is 0 Å². The summed E-state index contributed by atoms with van der Waals surface area (Å²) < 4.78 is 0. The van der Waals surface area contributed by atoms with E-state index in [9.17, 15) is 4.79 Å². The highest BCUT2D eigenvalue weighted by Crippen LogP contribution is 2.16. The first kappa shape index (κ1) is 11.0. The summed E-state index contributed by atoms with van der Waals surface area (Å²) in [4.78, 5) is 10.7. The average molecular weight is 192 g/mol. The molecule has 1 aromatic carbocycles. The van der Waals surface area contributed by atoms with E-state index in [-0.39, 0.29) is 5.92 Å². The van der Waals surface area contributed by atoms with Gasteiger partial charge in [0.15, 0.2) is 0 Å². The third kappa shape index (κ3) is 2.22. The summed E-state index contributed by atoms with van der Waals surface area (Å²) >= 11 is 0. The van der Waals surface area contributed by atoms with Crippen LogP contribution >= 0.6 is 0 Å². The first-order chi connectivity index (χ1) is 6.56. The molecule has 74 valence electrons. The molecule has 0 fully saturated rings. The van der Waals surface area contributed by atoms with Crippen molar-refractivity contribution in [2.24, 2.45) is 0 Å². The Morgan fingerprint density at radius 1 is 1.36 bits per heavy atom.